The van der Waals surface area contributed by atoms with Gasteiger partial charge in [-0.25, -0.2) is 0 Å². The van der Waals surface area contributed by atoms with Crippen LogP contribution in [0.15, 0.2) is 4.52 Å². The van der Waals surface area contributed by atoms with Crippen molar-refractivity contribution in [3.05, 3.63) is 11.7 Å². The Morgan fingerprint density at radius 2 is 2.10 bits per heavy atom. The number of nitrogens with one attached hydrogen (secondary N) is 1. The Morgan fingerprint density at radius 3 is 2.75 bits per heavy atom. The van der Waals surface area contributed by atoms with Crippen molar-refractivity contribution < 1.29 is 14.1 Å². The van der Waals surface area contributed by atoms with Gasteiger partial charge in [-0.05, 0) is 19.8 Å². The first-order chi connectivity index (χ1) is 9.65. The Labute approximate surface area is 116 Å². The molecule has 1 unspecified atom stereocenters. The van der Waals surface area contributed by atoms with Gasteiger partial charge in [0.1, 0.15) is 0 Å². The number of aromatic nitrogens is 2. The van der Waals surface area contributed by atoms with Gasteiger partial charge in [0.25, 0.3) is 0 Å². The van der Waals surface area contributed by atoms with Crippen molar-refractivity contribution in [3.8, 4) is 0 Å². The Hall–Kier alpha value is -1.76. The van der Waals surface area contributed by atoms with E-state index in [1.807, 2.05) is 0 Å². The second kappa shape index (κ2) is 5.32. The van der Waals surface area contributed by atoms with Crippen molar-refractivity contribution in [1.82, 2.24) is 20.4 Å². The molecule has 2 fully saturated rings. The van der Waals surface area contributed by atoms with Crippen molar-refractivity contribution in [2.45, 2.75) is 57.7 Å². The van der Waals surface area contributed by atoms with E-state index in [-0.39, 0.29) is 24.3 Å². The van der Waals surface area contributed by atoms with Crippen LogP contribution in [-0.4, -0.2) is 38.9 Å². The number of amides is 2. The lowest BCUT2D eigenvalue weighted by Gasteiger charge is -2.22. The Balaban J connectivity index is 1.60. The molecule has 2 amide bonds. The molecule has 0 aromatic carbocycles. The van der Waals surface area contributed by atoms with Crippen molar-refractivity contribution in [1.29, 1.82) is 0 Å². The number of hydrogen-bond acceptors (Lipinski definition) is 6. The monoisotopic (exact) mass is 278 g/mol. The number of likely N-dealkylation sites (tertiary alicyclic amines) is 1. The fourth-order valence-electron chi connectivity index (χ4n) is 2.98. The van der Waals surface area contributed by atoms with Gasteiger partial charge in [-0.15, -0.1) is 0 Å². The Morgan fingerprint density at radius 1 is 1.35 bits per heavy atom. The summed E-state index contributed by atoms with van der Waals surface area (Å²) in [6, 6.07) is -0.359. The smallest absolute Gasteiger partial charge is 0.247 e. The molecule has 1 N–H and O–H groups in total. The zero-order valence-electron chi connectivity index (χ0n) is 11.5. The molecule has 1 aliphatic carbocycles. The predicted molar refractivity (Wildman–Crippen MR) is 68.4 cm³/mol. The first-order valence-corrected chi connectivity index (χ1v) is 7.03. The third-order valence-corrected chi connectivity index (χ3v) is 3.94. The molecule has 2 aliphatic rings. The van der Waals surface area contributed by atoms with E-state index in [0.29, 0.717) is 18.3 Å². The maximum Gasteiger partial charge on any atom is 0.247 e. The molecule has 1 saturated heterocycles. The standard InChI is InChI=1S/C13H18N4O3/c1-8-15-11(20-16-8)7-14-10-6-12(18)17(13(10)19)9-4-2-3-5-9/h9-10,14H,2-7H2,1H3. The summed E-state index contributed by atoms with van der Waals surface area (Å²) < 4.78 is 4.98. The van der Waals surface area contributed by atoms with Gasteiger partial charge in [0.15, 0.2) is 5.82 Å². The van der Waals surface area contributed by atoms with Crippen LogP contribution in [0.5, 0.6) is 0 Å². The van der Waals surface area contributed by atoms with Crippen LogP contribution >= 0.6 is 0 Å². The fourth-order valence-corrected chi connectivity index (χ4v) is 2.98. The molecule has 0 bridgehead atoms. The molecular formula is C13H18N4O3. The molecule has 0 spiro atoms. The van der Waals surface area contributed by atoms with E-state index < -0.39 is 6.04 Å². The van der Waals surface area contributed by atoms with Gasteiger partial charge in [-0.2, -0.15) is 4.98 Å². The summed E-state index contributed by atoms with van der Waals surface area (Å²) in [6.07, 6.45) is 4.30. The predicted octanol–water partition coefficient (Wildman–Crippen LogP) is 0.538. The van der Waals surface area contributed by atoms with Crippen LogP contribution in [0.25, 0.3) is 0 Å². The maximum atomic E-state index is 12.3. The van der Waals surface area contributed by atoms with Gasteiger partial charge in [0.05, 0.1) is 19.0 Å². The molecule has 7 nitrogen and oxygen atoms in total. The van der Waals surface area contributed by atoms with Crippen LogP contribution in [0.2, 0.25) is 0 Å². The second-order valence-electron chi connectivity index (χ2n) is 5.41. The number of nitrogens with zero attached hydrogens (tertiary/aromatic N) is 3. The van der Waals surface area contributed by atoms with Crippen LogP contribution < -0.4 is 5.32 Å². The van der Waals surface area contributed by atoms with Gasteiger partial charge in [0.2, 0.25) is 17.7 Å². The summed E-state index contributed by atoms with van der Waals surface area (Å²) in [4.78, 5) is 29.8. The SMILES string of the molecule is Cc1noc(CNC2CC(=O)N(C3CCCC3)C2=O)n1. The molecule has 1 aromatic rings. The average molecular weight is 278 g/mol. The quantitative estimate of drug-likeness (QED) is 0.809. The lowest BCUT2D eigenvalue weighted by molar-refractivity contribution is -0.141. The molecule has 0 radical (unpaired) electrons. The highest BCUT2D eigenvalue weighted by atomic mass is 16.5. The van der Waals surface area contributed by atoms with Crippen LogP contribution in [0.4, 0.5) is 0 Å². The number of aryl methyl sites for hydroxylation is 1. The summed E-state index contributed by atoms with van der Waals surface area (Å²) in [6.45, 7) is 2.04. The molecule has 1 aromatic heterocycles. The number of carbonyl (C=O) groups is 2. The average Bonchev–Trinajstić information content (AvgIpc) is 3.10. The van der Waals surface area contributed by atoms with E-state index in [0.717, 1.165) is 25.7 Å². The molecule has 7 heteroatoms. The molecule has 1 atom stereocenters. The molecule has 1 aliphatic heterocycles. The topological polar surface area (TPSA) is 88.3 Å². The van der Waals surface area contributed by atoms with E-state index in [9.17, 15) is 9.59 Å². The van der Waals surface area contributed by atoms with Crippen molar-refractivity contribution in [2.75, 3.05) is 0 Å². The highest BCUT2D eigenvalue weighted by Gasteiger charge is 2.42. The molecule has 1 saturated carbocycles. The maximum absolute atomic E-state index is 12.3. The van der Waals surface area contributed by atoms with Gasteiger partial charge in [-0.3, -0.25) is 19.8 Å². The number of carbonyl (C=O) groups excluding carboxylic acids is 2. The zero-order chi connectivity index (χ0) is 14.1. The van der Waals surface area contributed by atoms with E-state index in [2.05, 4.69) is 15.5 Å². The normalized spacial score (nSPS) is 24.1. The highest BCUT2D eigenvalue weighted by Crippen LogP contribution is 2.28. The molecule has 3 rings (SSSR count). The van der Waals surface area contributed by atoms with Gasteiger partial charge in [-0.1, -0.05) is 18.0 Å². The lowest BCUT2D eigenvalue weighted by Crippen LogP contribution is -2.42. The lowest BCUT2D eigenvalue weighted by atomic mass is 10.2. The van der Waals surface area contributed by atoms with Crippen molar-refractivity contribution in [3.63, 3.8) is 0 Å². The van der Waals surface area contributed by atoms with E-state index in [4.69, 9.17) is 4.52 Å². The molecule has 20 heavy (non-hydrogen) atoms. The third kappa shape index (κ3) is 2.45. The van der Waals surface area contributed by atoms with E-state index >= 15 is 0 Å². The van der Waals surface area contributed by atoms with E-state index in [1.54, 1.807) is 6.92 Å². The first kappa shape index (κ1) is 13.2. The Kier molecular flexibility index (Phi) is 3.52. The summed E-state index contributed by atoms with van der Waals surface area (Å²) in [5.41, 5.74) is 0. The number of imide groups is 1. The minimum atomic E-state index is -0.463. The van der Waals surface area contributed by atoms with Gasteiger partial charge in [0, 0.05) is 6.04 Å². The Bertz CT molecular complexity index is 521. The van der Waals surface area contributed by atoms with Crippen LogP contribution in [0.3, 0.4) is 0 Å². The summed E-state index contributed by atoms with van der Waals surface area (Å²) >= 11 is 0. The third-order valence-electron chi connectivity index (χ3n) is 3.94. The van der Waals surface area contributed by atoms with E-state index in [1.165, 1.54) is 4.90 Å². The van der Waals surface area contributed by atoms with Gasteiger partial charge >= 0.3 is 0 Å². The zero-order valence-corrected chi connectivity index (χ0v) is 11.5. The largest absolute Gasteiger partial charge is 0.338 e. The molecular weight excluding hydrogens is 260 g/mol. The highest BCUT2D eigenvalue weighted by molar-refractivity contribution is 6.05. The number of rotatable bonds is 4. The summed E-state index contributed by atoms with van der Waals surface area (Å²) in [7, 11) is 0. The van der Waals surface area contributed by atoms with Crippen LogP contribution in [-0.2, 0) is 16.1 Å². The second-order valence-corrected chi connectivity index (χ2v) is 5.41. The van der Waals surface area contributed by atoms with Crippen LogP contribution in [0, 0.1) is 6.92 Å². The minimum Gasteiger partial charge on any atom is -0.338 e. The van der Waals surface area contributed by atoms with Crippen molar-refractivity contribution >= 4 is 11.8 Å². The van der Waals surface area contributed by atoms with Gasteiger partial charge < -0.3 is 4.52 Å². The van der Waals surface area contributed by atoms with Crippen LogP contribution in [0.1, 0.15) is 43.8 Å². The summed E-state index contributed by atoms with van der Waals surface area (Å²) in [5.74, 6) is 0.810. The summed E-state index contributed by atoms with van der Waals surface area (Å²) in [5, 5.41) is 6.72. The fraction of sp³-hybridized carbons (Fsp3) is 0.692. The minimum absolute atomic E-state index is 0.0684. The van der Waals surface area contributed by atoms with Crippen molar-refractivity contribution in [2.24, 2.45) is 0 Å². The molecule has 2 heterocycles. The number of hydrogen-bond donors (Lipinski definition) is 1. The molecule has 108 valence electrons. The first-order valence-electron chi connectivity index (χ1n) is 7.03.